The average molecular weight is 647 g/mol. The first-order valence-electron chi connectivity index (χ1n) is 15.4. The van der Waals surface area contributed by atoms with Crippen LogP contribution in [0.5, 0.6) is 0 Å². The maximum absolute atomic E-state index is 13.2. The largest absolute Gasteiger partial charge is 0.478 e. The van der Waals surface area contributed by atoms with Crippen LogP contribution in [0.2, 0.25) is 0 Å². The Labute approximate surface area is 282 Å². The number of hydrogen-bond acceptors (Lipinski definition) is 4. The molecular formula is C41H30N2O6. The monoisotopic (exact) mass is 646 g/mol. The molecule has 8 nitrogen and oxygen atoms in total. The number of carbonyl (C=O) groups excluding carboxylic acids is 2. The van der Waals surface area contributed by atoms with E-state index in [2.05, 4.69) is 10.6 Å². The van der Waals surface area contributed by atoms with Crippen LogP contribution in [0.25, 0.3) is 22.3 Å². The van der Waals surface area contributed by atoms with Crippen LogP contribution in [-0.2, 0) is 6.42 Å². The minimum absolute atomic E-state index is 0.0631. The van der Waals surface area contributed by atoms with Gasteiger partial charge in [-0.05, 0) is 88.3 Å². The predicted molar refractivity (Wildman–Crippen MR) is 189 cm³/mol. The molecule has 0 unspecified atom stereocenters. The van der Waals surface area contributed by atoms with Gasteiger partial charge in [-0.3, -0.25) is 9.59 Å². The Morgan fingerprint density at radius 1 is 0.408 bits per heavy atom. The first-order valence-corrected chi connectivity index (χ1v) is 15.4. The van der Waals surface area contributed by atoms with E-state index in [4.69, 9.17) is 0 Å². The fourth-order valence-electron chi connectivity index (χ4n) is 5.50. The van der Waals surface area contributed by atoms with E-state index in [1.54, 1.807) is 48.5 Å². The molecule has 0 aliphatic heterocycles. The molecule has 0 spiro atoms. The molecule has 0 heterocycles. The summed E-state index contributed by atoms with van der Waals surface area (Å²) in [6, 6.07) is 42.8. The number of rotatable bonds is 10. The molecule has 0 fully saturated rings. The van der Waals surface area contributed by atoms with E-state index >= 15 is 0 Å². The lowest BCUT2D eigenvalue weighted by Gasteiger charge is -2.12. The van der Waals surface area contributed by atoms with Crippen LogP contribution in [0.15, 0.2) is 146 Å². The van der Waals surface area contributed by atoms with Crippen molar-refractivity contribution in [3.63, 3.8) is 0 Å². The first-order chi connectivity index (χ1) is 23.7. The molecule has 6 aromatic rings. The van der Waals surface area contributed by atoms with Crippen LogP contribution < -0.4 is 10.6 Å². The fourth-order valence-corrected chi connectivity index (χ4v) is 5.50. The molecule has 6 rings (SSSR count). The van der Waals surface area contributed by atoms with Crippen molar-refractivity contribution in [3.05, 3.63) is 179 Å². The number of anilines is 2. The molecule has 0 atom stereocenters. The van der Waals surface area contributed by atoms with Crippen molar-refractivity contribution < 1.29 is 29.4 Å². The summed E-state index contributed by atoms with van der Waals surface area (Å²) < 4.78 is 0. The van der Waals surface area contributed by atoms with Gasteiger partial charge < -0.3 is 20.8 Å². The van der Waals surface area contributed by atoms with Crippen LogP contribution in [0.1, 0.15) is 52.6 Å². The van der Waals surface area contributed by atoms with Crippen molar-refractivity contribution in [3.8, 4) is 22.3 Å². The van der Waals surface area contributed by atoms with Crippen LogP contribution >= 0.6 is 0 Å². The quantitative estimate of drug-likeness (QED) is 0.118. The van der Waals surface area contributed by atoms with Crippen molar-refractivity contribution in [2.24, 2.45) is 0 Å². The maximum atomic E-state index is 13.2. The van der Waals surface area contributed by atoms with Crippen molar-refractivity contribution in [1.29, 1.82) is 0 Å². The third-order valence-electron chi connectivity index (χ3n) is 8.04. The highest BCUT2D eigenvalue weighted by molar-refractivity contribution is 6.12. The number of carboxylic acids is 2. The number of benzene rings is 6. The Hall–Kier alpha value is -6.80. The third kappa shape index (κ3) is 7.61. The summed E-state index contributed by atoms with van der Waals surface area (Å²) in [5.41, 5.74) is 6.14. The number of aromatic carboxylic acids is 2. The molecule has 240 valence electrons. The summed E-state index contributed by atoms with van der Waals surface area (Å²) in [5, 5.41) is 25.0. The zero-order valence-corrected chi connectivity index (χ0v) is 26.1. The van der Waals surface area contributed by atoms with Gasteiger partial charge in [0.2, 0.25) is 0 Å². The minimum atomic E-state index is -1.19. The summed E-state index contributed by atoms with van der Waals surface area (Å²) in [6.07, 6.45) is 0.576. The maximum Gasteiger partial charge on any atom is 0.336 e. The first kappa shape index (κ1) is 32.2. The molecule has 6 aromatic carbocycles. The fraction of sp³-hybridized carbons (Fsp3) is 0.0244. The highest BCUT2D eigenvalue weighted by Crippen LogP contribution is 2.26. The Morgan fingerprint density at radius 3 is 1.12 bits per heavy atom. The molecule has 4 N–H and O–H groups in total. The summed E-state index contributed by atoms with van der Waals surface area (Å²) in [5.74, 6) is -3.42. The van der Waals surface area contributed by atoms with Gasteiger partial charge in [0, 0.05) is 11.4 Å². The van der Waals surface area contributed by atoms with Crippen molar-refractivity contribution in [1.82, 2.24) is 0 Å². The summed E-state index contributed by atoms with van der Waals surface area (Å²) in [4.78, 5) is 50.1. The van der Waals surface area contributed by atoms with E-state index in [1.807, 2.05) is 84.9 Å². The zero-order chi connectivity index (χ0) is 34.3. The lowest BCUT2D eigenvalue weighted by molar-refractivity contribution is 0.0683. The highest BCUT2D eigenvalue weighted by Gasteiger charge is 2.19. The van der Waals surface area contributed by atoms with E-state index in [1.165, 1.54) is 12.1 Å². The normalized spacial score (nSPS) is 10.6. The average Bonchev–Trinajstić information content (AvgIpc) is 3.13. The third-order valence-corrected chi connectivity index (χ3v) is 8.04. The van der Waals surface area contributed by atoms with Gasteiger partial charge in [-0.25, -0.2) is 9.59 Å². The minimum Gasteiger partial charge on any atom is -0.478 e. The van der Waals surface area contributed by atoms with Crippen LogP contribution in [0.4, 0.5) is 11.4 Å². The van der Waals surface area contributed by atoms with E-state index < -0.39 is 23.8 Å². The molecule has 0 aliphatic rings. The van der Waals surface area contributed by atoms with E-state index in [0.717, 1.165) is 33.4 Å². The number of carboxylic acid groups (broad SMARTS) is 2. The molecule has 8 heteroatoms. The number of amides is 2. The Morgan fingerprint density at radius 2 is 0.776 bits per heavy atom. The summed E-state index contributed by atoms with van der Waals surface area (Å²) >= 11 is 0. The van der Waals surface area contributed by atoms with Gasteiger partial charge in [0.05, 0.1) is 22.3 Å². The van der Waals surface area contributed by atoms with Crippen LogP contribution in [0.3, 0.4) is 0 Å². The number of carbonyl (C=O) groups is 4. The Kier molecular flexibility index (Phi) is 9.39. The second kappa shape index (κ2) is 14.3. The molecule has 0 aliphatic carbocycles. The van der Waals surface area contributed by atoms with Crippen molar-refractivity contribution in [2.75, 3.05) is 10.6 Å². The molecule has 0 aromatic heterocycles. The topological polar surface area (TPSA) is 133 Å². The molecule has 0 radical (unpaired) electrons. The SMILES string of the molecule is O=C(O)c1ccc(-c2ccccc2)cc1C(=O)Nc1ccc(Cc2ccc(NC(=O)c3cc(-c4ccccc4)ccc3C(=O)O)cc2)cc1. The molecule has 0 saturated heterocycles. The van der Waals surface area contributed by atoms with Crippen molar-refractivity contribution >= 4 is 35.1 Å². The second-order valence-electron chi connectivity index (χ2n) is 11.3. The van der Waals surface area contributed by atoms with Gasteiger partial charge in [0.1, 0.15) is 0 Å². The molecule has 0 saturated carbocycles. The van der Waals surface area contributed by atoms with Crippen molar-refractivity contribution in [2.45, 2.75) is 6.42 Å². The predicted octanol–water partition coefficient (Wildman–Crippen LogP) is 8.51. The number of nitrogens with one attached hydrogen (secondary N) is 2. The molecule has 0 bridgehead atoms. The van der Waals surface area contributed by atoms with Gasteiger partial charge in [0.25, 0.3) is 11.8 Å². The van der Waals surface area contributed by atoms with Gasteiger partial charge in [-0.15, -0.1) is 0 Å². The summed E-state index contributed by atoms with van der Waals surface area (Å²) in [6.45, 7) is 0. The van der Waals surface area contributed by atoms with Crippen LogP contribution in [0, 0.1) is 0 Å². The lowest BCUT2D eigenvalue weighted by atomic mass is 9.98. The Balaban J connectivity index is 1.11. The highest BCUT2D eigenvalue weighted by atomic mass is 16.4. The van der Waals surface area contributed by atoms with Gasteiger partial charge in [0.15, 0.2) is 0 Å². The smallest absolute Gasteiger partial charge is 0.336 e. The van der Waals surface area contributed by atoms with Crippen LogP contribution in [-0.4, -0.2) is 34.0 Å². The summed E-state index contributed by atoms with van der Waals surface area (Å²) in [7, 11) is 0. The standard InChI is InChI=1S/C41H30N2O6/c44-38(36-24-30(15-21-34(36)40(46)47)28-7-3-1-4-8-28)42-32-17-11-26(12-18-32)23-27-13-19-33(20-14-27)43-39(45)37-25-31(16-22-35(37)41(48)49)29-9-5-2-6-10-29/h1-22,24-25H,23H2,(H,42,44)(H,43,45)(H,46,47)(H,48,49). The number of hydrogen-bond donors (Lipinski definition) is 4. The van der Waals surface area contributed by atoms with E-state index in [9.17, 15) is 29.4 Å². The molecule has 2 amide bonds. The van der Waals surface area contributed by atoms with Gasteiger partial charge in [-0.2, -0.15) is 0 Å². The van der Waals surface area contributed by atoms with Gasteiger partial charge >= 0.3 is 11.9 Å². The lowest BCUT2D eigenvalue weighted by Crippen LogP contribution is -2.16. The van der Waals surface area contributed by atoms with Gasteiger partial charge in [-0.1, -0.05) is 97.1 Å². The second-order valence-corrected chi connectivity index (χ2v) is 11.3. The molecule has 49 heavy (non-hydrogen) atoms. The zero-order valence-electron chi connectivity index (χ0n) is 26.1. The Bertz CT molecular complexity index is 2000. The van der Waals surface area contributed by atoms with E-state index in [-0.39, 0.29) is 22.3 Å². The van der Waals surface area contributed by atoms with E-state index in [0.29, 0.717) is 17.8 Å². The molecular weight excluding hydrogens is 616 g/mol.